The summed E-state index contributed by atoms with van der Waals surface area (Å²) in [6.45, 7) is 3.13. The maximum absolute atomic E-state index is 12.1. The highest BCUT2D eigenvalue weighted by molar-refractivity contribution is 7.99. The quantitative estimate of drug-likeness (QED) is 0.904. The van der Waals surface area contributed by atoms with Crippen LogP contribution in [0.15, 0.2) is 30.3 Å². The first-order chi connectivity index (χ1) is 8.66. The van der Waals surface area contributed by atoms with Gasteiger partial charge in [0.1, 0.15) is 0 Å². The Morgan fingerprint density at radius 3 is 2.83 bits per heavy atom. The molecule has 1 unspecified atom stereocenters. The Kier molecular flexibility index (Phi) is 4.66. The average Bonchev–Trinajstić information content (AvgIpc) is 2.83. The molecule has 0 aromatic heterocycles. The summed E-state index contributed by atoms with van der Waals surface area (Å²) in [5.74, 6) is 0.997. The molecule has 1 aliphatic heterocycles. The Bertz CT molecular complexity index is 396. The number of aliphatic hydroxyl groups is 1. The lowest BCUT2D eigenvalue weighted by atomic mass is 10.2. The molecule has 0 saturated carbocycles. The molecule has 4 heteroatoms. The van der Waals surface area contributed by atoms with Crippen molar-refractivity contribution in [3.8, 4) is 0 Å². The fourth-order valence-electron chi connectivity index (χ4n) is 2.07. The van der Waals surface area contributed by atoms with Crippen LogP contribution in [0.1, 0.15) is 18.9 Å². The molecule has 0 aliphatic carbocycles. The van der Waals surface area contributed by atoms with Crippen LogP contribution >= 0.6 is 11.8 Å². The van der Waals surface area contributed by atoms with Crippen molar-refractivity contribution in [3.63, 3.8) is 0 Å². The van der Waals surface area contributed by atoms with Gasteiger partial charge in [0, 0.05) is 18.8 Å². The lowest BCUT2D eigenvalue weighted by Crippen LogP contribution is -2.35. The number of nitrogens with zero attached hydrogens (tertiary/aromatic N) is 1. The number of aliphatic hydroxyl groups excluding tert-OH is 1. The molecule has 1 aromatic carbocycles. The summed E-state index contributed by atoms with van der Waals surface area (Å²) in [5, 5.41) is 9.39. The van der Waals surface area contributed by atoms with Crippen molar-refractivity contribution in [2.45, 2.75) is 30.5 Å². The predicted octanol–water partition coefficient (Wildman–Crippen LogP) is 1.90. The van der Waals surface area contributed by atoms with Gasteiger partial charge in [0.05, 0.1) is 11.4 Å². The van der Waals surface area contributed by atoms with Crippen molar-refractivity contribution < 1.29 is 9.90 Å². The highest BCUT2D eigenvalue weighted by Gasteiger charge is 2.27. The zero-order chi connectivity index (χ0) is 13.0. The largest absolute Gasteiger partial charge is 0.391 e. The van der Waals surface area contributed by atoms with Crippen molar-refractivity contribution in [1.29, 1.82) is 0 Å². The van der Waals surface area contributed by atoms with Crippen LogP contribution in [0, 0.1) is 0 Å². The molecule has 1 amide bonds. The summed E-state index contributed by atoms with van der Waals surface area (Å²) < 4.78 is 0. The van der Waals surface area contributed by atoms with Gasteiger partial charge in [-0.15, -0.1) is 11.8 Å². The van der Waals surface area contributed by atoms with Crippen LogP contribution in [-0.2, 0) is 10.5 Å². The first-order valence-electron chi connectivity index (χ1n) is 6.29. The van der Waals surface area contributed by atoms with E-state index in [-0.39, 0.29) is 17.3 Å². The number of thioether (sulfide) groups is 1. The third-order valence-electron chi connectivity index (χ3n) is 3.17. The number of hydrogen-bond acceptors (Lipinski definition) is 3. The number of carbonyl (C=O) groups is 1. The number of β-amino-alcohol motifs (C(OH)–C–C–N with tert-alkyl or cyclic N) is 1. The topological polar surface area (TPSA) is 40.5 Å². The van der Waals surface area contributed by atoms with Crippen LogP contribution in [0.25, 0.3) is 0 Å². The maximum atomic E-state index is 12.1. The molecule has 1 N–H and O–H groups in total. The Morgan fingerprint density at radius 1 is 1.50 bits per heavy atom. The SMILES string of the molecule is CC(SCc1ccccc1)C(=O)N1CC[C@H](O)C1. The van der Waals surface area contributed by atoms with Gasteiger partial charge < -0.3 is 10.0 Å². The molecule has 0 spiro atoms. The average molecular weight is 265 g/mol. The summed E-state index contributed by atoms with van der Waals surface area (Å²) in [7, 11) is 0. The molecule has 1 aliphatic rings. The summed E-state index contributed by atoms with van der Waals surface area (Å²) in [6, 6.07) is 10.2. The molecule has 18 heavy (non-hydrogen) atoms. The molecule has 1 heterocycles. The normalized spacial score (nSPS) is 21.0. The molecule has 98 valence electrons. The molecule has 2 rings (SSSR count). The number of carbonyl (C=O) groups excluding carboxylic acids is 1. The van der Waals surface area contributed by atoms with E-state index in [4.69, 9.17) is 0 Å². The monoisotopic (exact) mass is 265 g/mol. The molecule has 0 bridgehead atoms. The van der Waals surface area contributed by atoms with Crippen molar-refractivity contribution in [3.05, 3.63) is 35.9 Å². The first-order valence-corrected chi connectivity index (χ1v) is 7.34. The van der Waals surface area contributed by atoms with Gasteiger partial charge in [0.15, 0.2) is 0 Å². The zero-order valence-corrected chi connectivity index (χ0v) is 11.4. The van der Waals surface area contributed by atoms with Crippen LogP contribution in [-0.4, -0.2) is 40.4 Å². The van der Waals surface area contributed by atoms with E-state index >= 15 is 0 Å². The van der Waals surface area contributed by atoms with Gasteiger partial charge in [-0.25, -0.2) is 0 Å². The van der Waals surface area contributed by atoms with E-state index in [1.54, 1.807) is 16.7 Å². The summed E-state index contributed by atoms with van der Waals surface area (Å²) in [6.07, 6.45) is 0.377. The second-order valence-corrected chi connectivity index (χ2v) is 5.99. The van der Waals surface area contributed by atoms with E-state index in [2.05, 4.69) is 12.1 Å². The van der Waals surface area contributed by atoms with E-state index in [0.717, 1.165) is 5.75 Å². The number of hydrogen-bond donors (Lipinski definition) is 1. The third-order valence-corrected chi connectivity index (χ3v) is 4.37. The van der Waals surface area contributed by atoms with E-state index < -0.39 is 0 Å². The number of amides is 1. The highest BCUT2D eigenvalue weighted by Crippen LogP contribution is 2.21. The van der Waals surface area contributed by atoms with Crippen LogP contribution in [0.4, 0.5) is 0 Å². The lowest BCUT2D eigenvalue weighted by Gasteiger charge is -2.20. The molecule has 1 aromatic rings. The van der Waals surface area contributed by atoms with Crippen LogP contribution in [0.5, 0.6) is 0 Å². The molecule has 1 saturated heterocycles. The minimum Gasteiger partial charge on any atom is -0.391 e. The maximum Gasteiger partial charge on any atom is 0.235 e. The molecular weight excluding hydrogens is 246 g/mol. The summed E-state index contributed by atoms with van der Waals surface area (Å²) >= 11 is 1.65. The summed E-state index contributed by atoms with van der Waals surface area (Å²) in [4.78, 5) is 13.9. The van der Waals surface area contributed by atoms with Crippen LogP contribution in [0.2, 0.25) is 0 Å². The van der Waals surface area contributed by atoms with Gasteiger partial charge in [-0.05, 0) is 18.9 Å². The van der Waals surface area contributed by atoms with Gasteiger partial charge in [-0.3, -0.25) is 4.79 Å². The fourth-order valence-corrected chi connectivity index (χ4v) is 2.99. The minimum atomic E-state index is -0.333. The van der Waals surface area contributed by atoms with Gasteiger partial charge in [-0.1, -0.05) is 30.3 Å². The second-order valence-electron chi connectivity index (χ2n) is 4.67. The van der Waals surface area contributed by atoms with Crippen molar-refractivity contribution in [2.75, 3.05) is 13.1 Å². The van der Waals surface area contributed by atoms with E-state index in [0.29, 0.717) is 19.5 Å². The Labute approximate surface area is 112 Å². The van der Waals surface area contributed by atoms with E-state index in [9.17, 15) is 9.90 Å². The zero-order valence-electron chi connectivity index (χ0n) is 10.6. The lowest BCUT2D eigenvalue weighted by molar-refractivity contribution is -0.129. The first kappa shape index (κ1) is 13.4. The van der Waals surface area contributed by atoms with E-state index in [1.165, 1.54) is 5.56 Å². The van der Waals surface area contributed by atoms with Crippen molar-refractivity contribution in [2.24, 2.45) is 0 Å². The molecule has 3 nitrogen and oxygen atoms in total. The van der Waals surface area contributed by atoms with Gasteiger partial charge in [0.2, 0.25) is 5.91 Å². The van der Waals surface area contributed by atoms with E-state index in [1.807, 2.05) is 25.1 Å². The minimum absolute atomic E-state index is 0.0458. The van der Waals surface area contributed by atoms with Crippen molar-refractivity contribution in [1.82, 2.24) is 4.90 Å². The third kappa shape index (κ3) is 3.50. The second kappa shape index (κ2) is 6.25. The van der Waals surface area contributed by atoms with Gasteiger partial charge in [0.25, 0.3) is 0 Å². The molecule has 0 radical (unpaired) electrons. The standard InChI is InChI=1S/C14H19NO2S/c1-11(14(17)15-8-7-13(16)9-15)18-10-12-5-3-2-4-6-12/h2-6,11,13,16H,7-10H2,1H3/t11?,13-/m0/s1. The molecular formula is C14H19NO2S. The number of rotatable bonds is 4. The predicted molar refractivity (Wildman–Crippen MR) is 74.4 cm³/mol. The highest BCUT2D eigenvalue weighted by atomic mass is 32.2. The van der Waals surface area contributed by atoms with Crippen molar-refractivity contribution >= 4 is 17.7 Å². The van der Waals surface area contributed by atoms with Crippen LogP contribution in [0.3, 0.4) is 0 Å². The Hall–Kier alpha value is -1.00. The van der Waals surface area contributed by atoms with Gasteiger partial charge in [-0.2, -0.15) is 0 Å². The number of benzene rings is 1. The fraction of sp³-hybridized carbons (Fsp3) is 0.500. The Morgan fingerprint density at radius 2 is 2.22 bits per heavy atom. The number of likely N-dealkylation sites (tertiary alicyclic amines) is 1. The Balaban J connectivity index is 1.81. The van der Waals surface area contributed by atoms with Gasteiger partial charge >= 0.3 is 0 Å². The molecule has 2 atom stereocenters. The summed E-state index contributed by atoms with van der Waals surface area (Å²) in [5.41, 5.74) is 1.24. The smallest absolute Gasteiger partial charge is 0.235 e. The molecule has 1 fully saturated rings. The van der Waals surface area contributed by atoms with Crippen LogP contribution < -0.4 is 0 Å².